The van der Waals surface area contributed by atoms with E-state index in [-0.39, 0.29) is 11.7 Å². The van der Waals surface area contributed by atoms with Gasteiger partial charge in [0.2, 0.25) is 5.52 Å². The van der Waals surface area contributed by atoms with E-state index in [0.29, 0.717) is 5.56 Å². The van der Waals surface area contributed by atoms with Crippen molar-refractivity contribution < 1.29 is 9.36 Å². The van der Waals surface area contributed by atoms with Gasteiger partial charge in [0, 0.05) is 11.7 Å². The van der Waals surface area contributed by atoms with Gasteiger partial charge >= 0.3 is 0 Å². The monoisotopic (exact) mass is 235 g/mol. The molecule has 0 saturated carbocycles. The lowest BCUT2D eigenvalue weighted by molar-refractivity contribution is 0.107. The van der Waals surface area contributed by atoms with Crippen LogP contribution in [0.4, 0.5) is 0 Å². The molecular weight excluding hydrogens is 219 g/mol. The lowest BCUT2D eigenvalue weighted by Crippen LogP contribution is -2.01. The maximum Gasteiger partial charge on any atom is 0.242 e. The van der Waals surface area contributed by atoms with Crippen molar-refractivity contribution in [2.75, 3.05) is 6.16 Å². The second-order valence-electron chi connectivity index (χ2n) is 3.83. The zero-order chi connectivity index (χ0) is 12.3. The van der Waals surface area contributed by atoms with Crippen molar-refractivity contribution in [3.8, 4) is 0 Å². The van der Waals surface area contributed by atoms with Gasteiger partial charge in [0.15, 0.2) is 0 Å². The Bertz CT molecular complexity index is 461. The van der Waals surface area contributed by atoms with Gasteiger partial charge in [-0.15, -0.1) is 6.58 Å². The van der Waals surface area contributed by atoms with E-state index in [1.54, 1.807) is 6.07 Å². The molecule has 3 heteroatoms. The third-order valence-electron chi connectivity index (χ3n) is 2.81. The summed E-state index contributed by atoms with van der Waals surface area (Å²) < 4.78 is 11.6. The highest BCUT2D eigenvalue weighted by atomic mass is 31.1. The van der Waals surface area contributed by atoms with E-state index >= 15 is 0 Å². The van der Waals surface area contributed by atoms with E-state index in [0.717, 1.165) is 16.7 Å². The summed E-state index contributed by atoms with van der Waals surface area (Å²) in [6.07, 6.45) is 1.77. The minimum Gasteiger partial charge on any atom is -0.281 e. The van der Waals surface area contributed by atoms with Crippen LogP contribution in [0.1, 0.15) is 27.0 Å². The molecule has 0 aliphatic heterocycles. The average molecular weight is 235 g/mol. The Morgan fingerprint density at radius 3 is 2.50 bits per heavy atom. The molecule has 0 amide bonds. The first-order chi connectivity index (χ1) is 7.49. The SMILES string of the molecule is C=CC[P](=O)C(=O)c1ccc(C)c(C)c1C. The molecule has 0 bridgehead atoms. The van der Waals surface area contributed by atoms with E-state index < -0.39 is 7.80 Å². The molecule has 0 saturated heterocycles. The molecule has 0 N–H and O–H groups in total. The van der Waals surface area contributed by atoms with Crippen LogP contribution in [0.2, 0.25) is 0 Å². The summed E-state index contributed by atoms with van der Waals surface area (Å²) >= 11 is 0. The van der Waals surface area contributed by atoms with Gasteiger partial charge in [0.1, 0.15) is 7.80 Å². The fraction of sp³-hybridized carbons (Fsp3) is 0.308. The van der Waals surface area contributed by atoms with Crippen LogP contribution in [-0.2, 0) is 4.57 Å². The molecule has 0 aliphatic carbocycles. The Morgan fingerprint density at radius 1 is 1.31 bits per heavy atom. The molecule has 0 aliphatic rings. The van der Waals surface area contributed by atoms with Crippen molar-refractivity contribution >= 4 is 13.3 Å². The van der Waals surface area contributed by atoms with Crippen LogP contribution in [0.15, 0.2) is 24.8 Å². The molecule has 1 rings (SSSR count). The molecule has 2 nitrogen and oxygen atoms in total. The van der Waals surface area contributed by atoms with Gasteiger partial charge < -0.3 is 0 Å². The van der Waals surface area contributed by atoms with Crippen LogP contribution in [0.25, 0.3) is 0 Å². The summed E-state index contributed by atoms with van der Waals surface area (Å²) in [4.78, 5) is 11.9. The van der Waals surface area contributed by atoms with Crippen molar-refractivity contribution in [3.63, 3.8) is 0 Å². The van der Waals surface area contributed by atoms with Gasteiger partial charge in [-0.3, -0.25) is 9.36 Å². The maximum atomic E-state index is 11.9. The fourth-order valence-corrected chi connectivity index (χ4v) is 2.43. The summed E-state index contributed by atoms with van der Waals surface area (Å²) in [5, 5.41) is 0. The highest BCUT2D eigenvalue weighted by Gasteiger charge is 2.17. The first-order valence-electron chi connectivity index (χ1n) is 5.15. The topological polar surface area (TPSA) is 34.1 Å². The molecule has 0 fully saturated rings. The normalized spacial score (nSPS) is 11.1. The Morgan fingerprint density at radius 2 is 1.94 bits per heavy atom. The lowest BCUT2D eigenvalue weighted by atomic mass is 10.00. The smallest absolute Gasteiger partial charge is 0.242 e. The standard InChI is InChI=1S/C13H16O2P/c1-5-8-16(15)13(14)12-7-6-9(2)10(3)11(12)4/h5-7H,1,8H2,2-4H3. The number of hydrogen-bond acceptors (Lipinski definition) is 2. The summed E-state index contributed by atoms with van der Waals surface area (Å²) in [6, 6.07) is 3.66. The Hall–Kier alpha value is -1.27. The maximum absolute atomic E-state index is 11.9. The lowest BCUT2D eigenvalue weighted by Gasteiger charge is -2.09. The van der Waals surface area contributed by atoms with Crippen molar-refractivity contribution in [2.24, 2.45) is 0 Å². The first-order valence-corrected chi connectivity index (χ1v) is 6.60. The number of aryl methyl sites for hydroxylation is 1. The first kappa shape index (κ1) is 12.8. The van der Waals surface area contributed by atoms with Crippen molar-refractivity contribution in [1.82, 2.24) is 0 Å². The molecule has 1 atom stereocenters. The minimum absolute atomic E-state index is 0.251. The van der Waals surface area contributed by atoms with Gasteiger partial charge in [-0.1, -0.05) is 18.2 Å². The largest absolute Gasteiger partial charge is 0.281 e. The van der Waals surface area contributed by atoms with Gasteiger partial charge in [0.05, 0.1) is 0 Å². The predicted molar refractivity (Wildman–Crippen MR) is 67.7 cm³/mol. The molecule has 1 aromatic carbocycles. The number of benzene rings is 1. The highest BCUT2D eigenvalue weighted by Crippen LogP contribution is 2.29. The van der Waals surface area contributed by atoms with Crippen LogP contribution in [0.5, 0.6) is 0 Å². The van der Waals surface area contributed by atoms with Crippen LogP contribution in [0.3, 0.4) is 0 Å². The summed E-state index contributed by atoms with van der Waals surface area (Å²) in [5.41, 5.74) is 3.47. The van der Waals surface area contributed by atoms with E-state index in [4.69, 9.17) is 0 Å². The van der Waals surface area contributed by atoms with Crippen LogP contribution >= 0.6 is 7.80 Å². The van der Waals surface area contributed by atoms with E-state index in [1.807, 2.05) is 26.8 Å². The van der Waals surface area contributed by atoms with Crippen LogP contribution in [0, 0.1) is 20.8 Å². The number of hydrogen-bond donors (Lipinski definition) is 0. The Balaban J connectivity index is 3.15. The Kier molecular flexibility index (Phi) is 4.14. The zero-order valence-corrected chi connectivity index (χ0v) is 10.8. The molecular formula is C13H16O2P. The number of allylic oxidation sites excluding steroid dienone is 1. The fourth-order valence-electron chi connectivity index (χ4n) is 1.52. The van der Waals surface area contributed by atoms with E-state index in [9.17, 15) is 9.36 Å². The Labute approximate surface area is 97.2 Å². The highest BCUT2D eigenvalue weighted by molar-refractivity contribution is 7.64. The third-order valence-corrected chi connectivity index (χ3v) is 4.09. The molecule has 85 valence electrons. The minimum atomic E-state index is -1.86. The summed E-state index contributed by atoms with van der Waals surface area (Å²) in [6.45, 7) is 9.36. The number of carbonyl (C=O) groups is 1. The summed E-state index contributed by atoms with van der Waals surface area (Å²) in [5.74, 6) is 0. The second kappa shape index (κ2) is 5.18. The van der Waals surface area contributed by atoms with Crippen LogP contribution < -0.4 is 0 Å². The van der Waals surface area contributed by atoms with Crippen molar-refractivity contribution in [2.45, 2.75) is 20.8 Å². The van der Waals surface area contributed by atoms with Crippen LogP contribution in [-0.4, -0.2) is 11.7 Å². The van der Waals surface area contributed by atoms with Crippen molar-refractivity contribution in [3.05, 3.63) is 47.0 Å². The molecule has 1 aromatic rings. The second-order valence-corrected chi connectivity index (χ2v) is 5.36. The third kappa shape index (κ3) is 2.45. The zero-order valence-electron chi connectivity index (χ0n) is 9.91. The van der Waals surface area contributed by atoms with Gasteiger partial charge in [0.25, 0.3) is 0 Å². The molecule has 16 heavy (non-hydrogen) atoms. The van der Waals surface area contributed by atoms with Gasteiger partial charge in [-0.05, 0) is 37.5 Å². The molecule has 0 spiro atoms. The van der Waals surface area contributed by atoms with E-state index in [2.05, 4.69) is 6.58 Å². The number of rotatable bonds is 4. The molecule has 0 aromatic heterocycles. The molecule has 1 radical (unpaired) electrons. The molecule has 0 heterocycles. The van der Waals surface area contributed by atoms with E-state index in [1.165, 1.54) is 6.08 Å². The average Bonchev–Trinajstić information content (AvgIpc) is 2.26. The molecule has 1 unspecified atom stereocenters. The van der Waals surface area contributed by atoms with Gasteiger partial charge in [-0.25, -0.2) is 0 Å². The summed E-state index contributed by atoms with van der Waals surface area (Å²) in [7, 11) is -1.86. The quantitative estimate of drug-likeness (QED) is 0.588. The van der Waals surface area contributed by atoms with Gasteiger partial charge in [-0.2, -0.15) is 0 Å². The number of carbonyl (C=O) groups excluding carboxylic acids is 1. The predicted octanol–water partition coefficient (Wildman–Crippen LogP) is 3.77. The van der Waals surface area contributed by atoms with Crippen molar-refractivity contribution in [1.29, 1.82) is 0 Å².